The van der Waals surface area contributed by atoms with Crippen LogP contribution in [0.1, 0.15) is 37.7 Å². The van der Waals surface area contributed by atoms with Crippen LogP contribution in [0.4, 0.5) is 4.39 Å². The topological polar surface area (TPSA) is 87.3 Å². The van der Waals surface area contributed by atoms with E-state index in [0.717, 1.165) is 11.3 Å². The summed E-state index contributed by atoms with van der Waals surface area (Å²) in [4.78, 5) is 27.4. The summed E-state index contributed by atoms with van der Waals surface area (Å²) in [5.41, 5.74) is 3.09. The summed E-state index contributed by atoms with van der Waals surface area (Å²) in [5, 5.41) is 9.87. The van der Waals surface area contributed by atoms with E-state index in [-0.39, 0.29) is 36.4 Å². The van der Waals surface area contributed by atoms with E-state index in [4.69, 9.17) is 4.74 Å². The molecule has 2 N–H and O–H groups in total. The largest absolute Gasteiger partial charge is 0.496 e. The van der Waals surface area contributed by atoms with E-state index in [0.29, 0.717) is 29.8 Å². The maximum atomic E-state index is 13.0. The highest BCUT2D eigenvalue weighted by Gasteiger charge is 2.29. The number of para-hydroxylation sites is 1. The Morgan fingerprint density at radius 3 is 2.73 bits per heavy atom. The number of carbonyl (C=O) groups is 2. The summed E-state index contributed by atoms with van der Waals surface area (Å²) in [5.74, 6) is -0.315. The molecule has 0 saturated heterocycles. The Bertz CT molecular complexity index is 1080. The number of hydrogen-bond donors (Lipinski definition) is 2. The number of nitrogens with one attached hydrogen (secondary N) is 2. The number of aromatic amines is 1. The number of aromatic nitrogens is 2. The van der Waals surface area contributed by atoms with Gasteiger partial charge < -0.3 is 15.0 Å². The van der Waals surface area contributed by atoms with Gasteiger partial charge in [-0.2, -0.15) is 5.10 Å². The molecule has 0 radical (unpaired) electrons. The van der Waals surface area contributed by atoms with Crippen molar-refractivity contribution in [3.63, 3.8) is 0 Å². The first-order valence-electron chi connectivity index (χ1n) is 9.58. The molecule has 0 bridgehead atoms. The van der Waals surface area contributed by atoms with Crippen LogP contribution in [0.15, 0.2) is 48.5 Å². The lowest BCUT2D eigenvalue weighted by Crippen LogP contribution is -2.37. The lowest BCUT2D eigenvalue weighted by Gasteiger charge is -2.27. The molecule has 1 aliphatic heterocycles. The van der Waals surface area contributed by atoms with Gasteiger partial charge in [-0.3, -0.25) is 14.7 Å². The number of carbonyl (C=O) groups excluding carboxylic acids is 2. The molecule has 0 saturated carbocycles. The highest BCUT2D eigenvalue weighted by atomic mass is 19.1. The number of ether oxygens (including phenoxy) is 1. The van der Waals surface area contributed by atoms with Crippen LogP contribution in [0.2, 0.25) is 0 Å². The second-order valence-corrected chi connectivity index (χ2v) is 7.02. The van der Waals surface area contributed by atoms with Crippen LogP contribution in [0.3, 0.4) is 0 Å². The molecule has 2 amide bonds. The number of hydrogen-bond acceptors (Lipinski definition) is 4. The van der Waals surface area contributed by atoms with Gasteiger partial charge in [0.05, 0.1) is 19.2 Å². The fraction of sp³-hybridized carbons (Fsp3) is 0.227. The number of halogens is 1. The fourth-order valence-electron chi connectivity index (χ4n) is 3.52. The van der Waals surface area contributed by atoms with Gasteiger partial charge in [-0.15, -0.1) is 0 Å². The zero-order valence-electron chi connectivity index (χ0n) is 16.4. The van der Waals surface area contributed by atoms with Crippen LogP contribution in [0.5, 0.6) is 5.75 Å². The molecule has 0 aliphatic carbocycles. The van der Waals surface area contributed by atoms with E-state index in [2.05, 4.69) is 15.5 Å². The average Bonchev–Trinajstić information content (AvgIpc) is 3.21. The van der Waals surface area contributed by atoms with Gasteiger partial charge in [0, 0.05) is 30.8 Å². The van der Waals surface area contributed by atoms with Crippen LogP contribution in [0.25, 0.3) is 0 Å². The Balaban J connectivity index is 1.48. The molecule has 1 aliphatic rings. The monoisotopic (exact) mass is 408 g/mol. The average molecular weight is 408 g/mol. The number of amides is 2. The number of methoxy groups -OCH3 is 1. The lowest BCUT2D eigenvalue weighted by molar-refractivity contribution is 0.0728. The Morgan fingerprint density at radius 2 is 1.97 bits per heavy atom. The summed E-state index contributed by atoms with van der Waals surface area (Å²) >= 11 is 0. The minimum absolute atomic E-state index is 0.156. The maximum absolute atomic E-state index is 13.0. The third-order valence-electron chi connectivity index (χ3n) is 5.14. The van der Waals surface area contributed by atoms with Gasteiger partial charge in [-0.05, 0) is 29.8 Å². The van der Waals surface area contributed by atoms with Crippen molar-refractivity contribution in [2.24, 2.45) is 0 Å². The molecule has 154 valence electrons. The minimum Gasteiger partial charge on any atom is -0.496 e. The standard InChI is InChI=1S/C22H21FN4O3/c1-30-19-5-3-2-4-16(19)22(29)27-11-10-18-17(13-27)20(26-25-18)21(28)24-12-14-6-8-15(23)9-7-14/h2-9H,10-13H2,1H3,(H,24,28)(H,25,26). The molecule has 1 aromatic heterocycles. The first-order valence-corrected chi connectivity index (χ1v) is 9.58. The highest BCUT2D eigenvalue weighted by molar-refractivity contribution is 5.98. The van der Waals surface area contributed by atoms with E-state index in [1.54, 1.807) is 35.2 Å². The fourth-order valence-corrected chi connectivity index (χ4v) is 3.52. The summed E-state index contributed by atoms with van der Waals surface area (Å²) in [6.07, 6.45) is 0.578. The van der Waals surface area contributed by atoms with E-state index < -0.39 is 0 Å². The third-order valence-corrected chi connectivity index (χ3v) is 5.14. The molecule has 0 spiro atoms. The van der Waals surface area contributed by atoms with E-state index in [1.807, 2.05) is 6.07 Å². The number of nitrogens with zero attached hydrogens (tertiary/aromatic N) is 2. The van der Waals surface area contributed by atoms with E-state index >= 15 is 0 Å². The summed E-state index contributed by atoms with van der Waals surface area (Å²) in [6, 6.07) is 13.0. The molecular formula is C22H21FN4O3. The SMILES string of the molecule is COc1ccccc1C(=O)N1CCc2[nH]nc(C(=O)NCc3ccc(F)cc3)c2C1. The number of H-pyrrole nitrogens is 1. The highest BCUT2D eigenvalue weighted by Crippen LogP contribution is 2.25. The van der Waals surface area contributed by atoms with Crippen molar-refractivity contribution >= 4 is 11.8 Å². The predicted molar refractivity (Wildman–Crippen MR) is 108 cm³/mol. The van der Waals surface area contributed by atoms with Crippen molar-refractivity contribution in [1.29, 1.82) is 0 Å². The second kappa shape index (κ2) is 8.36. The quantitative estimate of drug-likeness (QED) is 0.680. The molecule has 7 nitrogen and oxygen atoms in total. The first kappa shape index (κ1) is 19.6. The van der Waals surface area contributed by atoms with Crippen LogP contribution in [-0.2, 0) is 19.5 Å². The van der Waals surface area contributed by atoms with Crippen molar-refractivity contribution in [3.8, 4) is 5.75 Å². The summed E-state index contributed by atoms with van der Waals surface area (Å²) < 4.78 is 18.3. The summed E-state index contributed by atoms with van der Waals surface area (Å²) in [6.45, 7) is 1.05. The van der Waals surface area contributed by atoms with Crippen molar-refractivity contribution < 1.29 is 18.7 Å². The first-order chi connectivity index (χ1) is 14.6. The summed E-state index contributed by atoms with van der Waals surface area (Å²) in [7, 11) is 1.53. The number of benzene rings is 2. The van der Waals surface area contributed by atoms with Gasteiger partial charge in [0.2, 0.25) is 0 Å². The van der Waals surface area contributed by atoms with Gasteiger partial charge in [-0.1, -0.05) is 24.3 Å². The smallest absolute Gasteiger partial charge is 0.272 e. The molecule has 0 atom stereocenters. The van der Waals surface area contributed by atoms with E-state index in [9.17, 15) is 14.0 Å². The van der Waals surface area contributed by atoms with Crippen molar-refractivity contribution in [2.45, 2.75) is 19.5 Å². The molecule has 30 heavy (non-hydrogen) atoms. The molecule has 0 unspecified atom stereocenters. The Hall–Kier alpha value is -3.68. The molecule has 0 fully saturated rings. The number of fused-ring (bicyclic) bond motifs is 1. The maximum Gasteiger partial charge on any atom is 0.272 e. The molecule has 8 heteroatoms. The normalized spacial score (nSPS) is 12.9. The van der Waals surface area contributed by atoms with Crippen LogP contribution >= 0.6 is 0 Å². The van der Waals surface area contributed by atoms with Crippen LogP contribution in [-0.4, -0.2) is 40.6 Å². The Labute approximate surface area is 172 Å². The van der Waals surface area contributed by atoms with Gasteiger partial charge in [-0.25, -0.2) is 4.39 Å². The van der Waals surface area contributed by atoms with Gasteiger partial charge in [0.1, 0.15) is 11.6 Å². The molecule has 2 aromatic carbocycles. The van der Waals surface area contributed by atoms with Crippen LogP contribution in [0, 0.1) is 5.82 Å². The predicted octanol–water partition coefficient (Wildman–Crippen LogP) is 2.69. The Kier molecular flexibility index (Phi) is 5.47. The van der Waals surface area contributed by atoms with Gasteiger partial charge >= 0.3 is 0 Å². The minimum atomic E-state index is -0.344. The van der Waals surface area contributed by atoms with E-state index in [1.165, 1.54) is 19.2 Å². The zero-order chi connectivity index (χ0) is 21.1. The Morgan fingerprint density at radius 1 is 1.20 bits per heavy atom. The zero-order valence-corrected chi connectivity index (χ0v) is 16.4. The van der Waals surface area contributed by atoms with Crippen molar-refractivity contribution in [3.05, 3.63) is 82.4 Å². The molecular weight excluding hydrogens is 387 g/mol. The van der Waals surface area contributed by atoms with Gasteiger partial charge in [0.25, 0.3) is 11.8 Å². The van der Waals surface area contributed by atoms with Crippen LogP contribution < -0.4 is 10.1 Å². The molecule has 2 heterocycles. The second-order valence-electron chi connectivity index (χ2n) is 7.02. The molecule has 3 aromatic rings. The molecule has 4 rings (SSSR count). The van der Waals surface area contributed by atoms with Crippen molar-refractivity contribution in [2.75, 3.05) is 13.7 Å². The third kappa shape index (κ3) is 3.89. The van der Waals surface area contributed by atoms with Gasteiger partial charge in [0.15, 0.2) is 5.69 Å². The van der Waals surface area contributed by atoms with Crippen molar-refractivity contribution in [1.82, 2.24) is 20.4 Å². The number of rotatable bonds is 5. The lowest BCUT2D eigenvalue weighted by atomic mass is 10.0.